The first-order chi connectivity index (χ1) is 8.21. The van der Waals surface area contributed by atoms with E-state index in [2.05, 4.69) is 16.1 Å². The molecule has 5 heteroatoms. The second-order valence-electron chi connectivity index (χ2n) is 4.39. The van der Waals surface area contributed by atoms with Crippen LogP contribution in [0.25, 0.3) is 0 Å². The molecule has 94 valence electrons. The Bertz CT molecular complexity index is 372. The molecule has 3 nitrogen and oxygen atoms in total. The van der Waals surface area contributed by atoms with Crippen LogP contribution in [-0.4, -0.2) is 35.6 Å². The highest BCUT2D eigenvalue weighted by atomic mass is 35.5. The van der Waals surface area contributed by atoms with Gasteiger partial charge in [0.15, 0.2) is 0 Å². The van der Waals surface area contributed by atoms with E-state index >= 15 is 0 Å². The zero-order chi connectivity index (χ0) is 12.3. The smallest absolute Gasteiger partial charge is 0.147 e. The van der Waals surface area contributed by atoms with E-state index in [9.17, 15) is 0 Å². The summed E-state index contributed by atoms with van der Waals surface area (Å²) >= 11 is 8.05. The number of hydrogen-bond acceptors (Lipinski definition) is 4. The number of aromatic nitrogens is 1. The number of thioether (sulfide) groups is 1. The Kier molecular flexibility index (Phi) is 4.17. The average Bonchev–Trinajstić information content (AvgIpc) is 2.40. The maximum atomic E-state index is 6.16. The molecule has 2 N–H and O–H groups in total. The number of anilines is 1. The molecule has 0 unspecified atom stereocenters. The number of piperidine rings is 1. The Morgan fingerprint density at radius 3 is 2.76 bits per heavy atom. The van der Waals surface area contributed by atoms with Gasteiger partial charge in [-0.3, -0.25) is 0 Å². The SMILES string of the molecule is CSC1(CN)CCN(c2ncccc2Cl)CC1. The van der Waals surface area contributed by atoms with Gasteiger partial charge in [0.2, 0.25) is 0 Å². The quantitative estimate of drug-likeness (QED) is 0.917. The van der Waals surface area contributed by atoms with Crippen molar-refractivity contribution in [3.05, 3.63) is 23.4 Å². The molecular weight excluding hydrogens is 254 g/mol. The largest absolute Gasteiger partial charge is 0.355 e. The fraction of sp³-hybridized carbons (Fsp3) is 0.583. The second kappa shape index (κ2) is 5.46. The summed E-state index contributed by atoms with van der Waals surface area (Å²) in [6, 6.07) is 3.76. The molecule has 17 heavy (non-hydrogen) atoms. The minimum atomic E-state index is 0.248. The molecule has 0 spiro atoms. The molecule has 0 aromatic carbocycles. The highest BCUT2D eigenvalue weighted by molar-refractivity contribution is 8.00. The summed E-state index contributed by atoms with van der Waals surface area (Å²) in [4.78, 5) is 6.61. The van der Waals surface area contributed by atoms with Crippen molar-refractivity contribution in [3.63, 3.8) is 0 Å². The number of rotatable bonds is 3. The Morgan fingerprint density at radius 2 is 2.24 bits per heavy atom. The lowest BCUT2D eigenvalue weighted by atomic mass is 9.96. The fourth-order valence-electron chi connectivity index (χ4n) is 2.23. The Hall–Kier alpha value is -0.450. The van der Waals surface area contributed by atoms with Crippen LogP contribution < -0.4 is 10.6 Å². The van der Waals surface area contributed by atoms with E-state index in [0.29, 0.717) is 0 Å². The van der Waals surface area contributed by atoms with E-state index in [0.717, 1.165) is 43.3 Å². The molecule has 1 aromatic rings. The summed E-state index contributed by atoms with van der Waals surface area (Å²) in [5.74, 6) is 0.904. The molecule has 1 aromatic heterocycles. The highest BCUT2D eigenvalue weighted by Gasteiger charge is 2.33. The average molecular weight is 272 g/mol. The first-order valence-corrected chi connectivity index (χ1v) is 7.42. The van der Waals surface area contributed by atoms with Gasteiger partial charge in [-0.15, -0.1) is 0 Å². The van der Waals surface area contributed by atoms with Crippen molar-refractivity contribution in [1.29, 1.82) is 0 Å². The van der Waals surface area contributed by atoms with E-state index in [1.165, 1.54) is 0 Å². The molecule has 1 fully saturated rings. The molecular formula is C12H18ClN3S. The second-order valence-corrected chi connectivity index (χ2v) is 6.07. The highest BCUT2D eigenvalue weighted by Crippen LogP contribution is 2.35. The van der Waals surface area contributed by atoms with Crippen molar-refractivity contribution in [2.45, 2.75) is 17.6 Å². The van der Waals surface area contributed by atoms with Crippen molar-refractivity contribution in [2.75, 3.05) is 30.8 Å². The number of halogens is 1. The Morgan fingerprint density at radius 1 is 1.53 bits per heavy atom. The predicted molar refractivity (Wildman–Crippen MR) is 76.0 cm³/mol. The van der Waals surface area contributed by atoms with Crippen LogP contribution >= 0.6 is 23.4 Å². The third-order valence-corrected chi connectivity index (χ3v) is 5.25. The fourth-order valence-corrected chi connectivity index (χ4v) is 3.23. The standard InChI is InChI=1S/C12H18ClN3S/c1-17-12(9-14)4-7-16(8-5-12)11-10(13)3-2-6-15-11/h2-3,6H,4-5,7-9,14H2,1H3. The zero-order valence-corrected chi connectivity index (χ0v) is 11.6. The van der Waals surface area contributed by atoms with Crippen LogP contribution in [0.15, 0.2) is 18.3 Å². The normalized spacial score (nSPS) is 19.4. The molecule has 0 radical (unpaired) electrons. The molecule has 1 aliphatic rings. The van der Waals surface area contributed by atoms with Crippen molar-refractivity contribution in [3.8, 4) is 0 Å². The van der Waals surface area contributed by atoms with Crippen LogP contribution in [0.5, 0.6) is 0 Å². The summed E-state index contributed by atoms with van der Waals surface area (Å²) in [6.45, 7) is 2.71. The van der Waals surface area contributed by atoms with Crippen molar-refractivity contribution >= 4 is 29.2 Å². The minimum Gasteiger partial charge on any atom is -0.355 e. The van der Waals surface area contributed by atoms with E-state index in [1.54, 1.807) is 6.20 Å². The summed E-state index contributed by atoms with van der Waals surface area (Å²) in [5, 5.41) is 0.733. The van der Waals surface area contributed by atoms with E-state index in [4.69, 9.17) is 17.3 Å². The van der Waals surface area contributed by atoms with Crippen molar-refractivity contribution < 1.29 is 0 Å². The van der Waals surface area contributed by atoms with Crippen LogP contribution in [-0.2, 0) is 0 Å². The number of nitrogens with zero attached hydrogens (tertiary/aromatic N) is 2. The number of pyridine rings is 1. The van der Waals surface area contributed by atoms with Crippen LogP contribution in [0.2, 0.25) is 5.02 Å². The molecule has 2 heterocycles. The van der Waals surface area contributed by atoms with Gasteiger partial charge in [0.1, 0.15) is 5.82 Å². The van der Waals surface area contributed by atoms with E-state index in [1.807, 2.05) is 23.9 Å². The summed E-state index contributed by atoms with van der Waals surface area (Å²) in [5.41, 5.74) is 5.88. The third-order valence-electron chi connectivity index (χ3n) is 3.52. The molecule has 1 aliphatic heterocycles. The number of hydrogen-bond donors (Lipinski definition) is 1. The summed E-state index contributed by atoms with van der Waals surface area (Å²) in [6.07, 6.45) is 6.13. The first kappa shape index (κ1) is 13.0. The van der Waals surface area contributed by atoms with Gasteiger partial charge in [-0.05, 0) is 31.2 Å². The monoisotopic (exact) mass is 271 g/mol. The Labute approximate surface area is 112 Å². The van der Waals surface area contributed by atoms with Gasteiger partial charge in [0.25, 0.3) is 0 Å². The van der Waals surface area contributed by atoms with Gasteiger partial charge in [0.05, 0.1) is 5.02 Å². The third kappa shape index (κ3) is 2.69. The lowest BCUT2D eigenvalue weighted by Crippen LogP contribution is -2.46. The predicted octanol–water partition coefficient (Wildman–Crippen LogP) is 2.40. The van der Waals surface area contributed by atoms with Crippen LogP contribution in [0, 0.1) is 0 Å². The summed E-state index contributed by atoms with van der Waals surface area (Å²) in [7, 11) is 0. The van der Waals surface area contributed by atoms with E-state index < -0.39 is 0 Å². The van der Waals surface area contributed by atoms with Crippen LogP contribution in [0.1, 0.15) is 12.8 Å². The minimum absolute atomic E-state index is 0.248. The molecule has 1 saturated heterocycles. The van der Waals surface area contributed by atoms with Crippen molar-refractivity contribution in [2.24, 2.45) is 5.73 Å². The van der Waals surface area contributed by atoms with Gasteiger partial charge in [0, 0.05) is 30.6 Å². The van der Waals surface area contributed by atoms with Gasteiger partial charge < -0.3 is 10.6 Å². The van der Waals surface area contributed by atoms with Gasteiger partial charge in [-0.1, -0.05) is 11.6 Å². The molecule has 0 bridgehead atoms. The van der Waals surface area contributed by atoms with Crippen LogP contribution in [0.4, 0.5) is 5.82 Å². The molecule has 0 aliphatic carbocycles. The topological polar surface area (TPSA) is 42.1 Å². The number of nitrogens with two attached hydrogens (primary N) is 1. The molecule has 2 rings (SSSR count). The van der Waals surface area contributed by atoms with Crippen molar-refractivity contribution in [1.82, 2.24) is 4.98 Å². The maximum Gasteiger partial charge on any atom is 0.147 e. The Balaban J connectivity index is 2.07. The molecule has 0 saturated carbocycles. The molecule has 0 atom stereocenters. The maximum absolute atomic E-state index is 6.16. The lowest BCUT2D eigenvalue weighted by Gasteiger charge is -2.40. The molecule has 0 amide bonds. The summed E-state index contributed by atoms with van der Waals surface area (Å²) < 4.78 is 0.248. The van der Waals surface area contributed by atoms with Gasteiger partial charge >= 0.3 is 0 Å². The van der Waals surface area contributed by atoms with E-state index in [-0.39, 0.29) is 4.75 Å². The first-order valence-electron chi connectivity index (χ1n) is 5.81. The van der Waals surface area contributed by atoms with Gasteiger partial charge in [-0.25, -0.2) is 4.98 Å². The van der Waals surface area contributed by atoms with Gasteiger partial charge in [-0.2, -0.15) is 11.8 Å². The zero-order valence-electron chi connectivity index (χ0n) is 10.0. The van der Waals surface area contributed by atoms with Crippen LogP contribution in [0.3, 0.4) is 0 Å². The lowest BCUT2D eigenvalue weighted by molar-refractivity contribution is 0.455.